The van der Waals surface area contributed by atoms with E-state index in [1.165, 1.54) is 16.8 Å². The fourth-order valence-corrected chi connectivity index (χ4v) is 4.02. The summed E-state index contributed by atoms with van der Waals surface area (Å²) in [4.78, 5) is 4.14. The molecule has 0 spiro atoms. The van der Waals surface area contributed by atoms with Gasteiger partial charge in [-0.2, -0.15) is 0 Å². The average Bonchev–Trinajstić information content (AvgIpc) is 3.02. The van der Waals surface area contributed by atoms with Gasteiger partial charge >= 0.3 is 0 Å². The Morgan fingerprint density at radius 3 is 2.79 bits per heavy atom. The van der Waals surface area contributed by atoms with Gasteiger partial charge in [0.2, 0.25) is 0 Å². The molecule has 0 aliphatic carbocycles. The second-order valence-electron chi connectivity index (χ2n) is 7.17. The second-order valence-corrected chi connectivity index (χ2v) is 7.60. The van der Waals surface area contributed by atoms with Crippen molar-refractivity contribution < 1.29 is 0 Å². The molecule has 2 heterocycles. The molecule has 0 bridgehead atoms. The maximum atomic E-state index is 6.06. The molecule has 4 rings (SSSR count). The molecule has 5 N–H and O–H groups in total. The van der Waals surface area contributed by atoms with Gasteiger partial charge in [0.15, 0.2) is 0 Å². The molecule has 2 aliphatic rings. The van der Waals surface area contributed by atoms with Gasteiger partial charge in [-0.15, -0.1) is 5.53 Å². The van der Waals surface area contributed by atoms with Crippen molar-refractivity contribution in [2.24, 2.45) is 10.7 Å². The summed E-state index contributed by atoms with van der Waals surface area (Å²) in [6.07, 6.45) is 4.31. The summed E-state index contributed by atoms with van der Waals surface area (Å²) >= 11 is 6.06. The van der Waals surface area contributed by atoms with Gasteiger partial charge in [-0.25, -0.2) is 0 Å². The quantitative estimate of drug-likeness (QED) is 0.577. The number of hydrogen-bond acceptors (Lipinski definition) is 6. The molecule has 6 nitrogen and oxygen atoms in total. The molecule has 2 aliphatic heterocycles. The van der Waals surface area contributed by atoms with Crippen LogP contribution in [0.2, 0.25) is 5.02 Å². The molecule has 0 amide bonds. The summed E-state index contributed by atoms with van der Waals surface area (Å²) in [5.41, 5.74) is 20.0. The number of halogens is 1. The Morgan fingerprint density at radius 2 is 2.07 bits per heavy atom. The number of nitrogens with one attached hydrogen (secondary N) is 3. The Labute approximate surface area is 176 Å². The van der Waals surface area contributed by atoms with E-state index in [0.29, 0.717) is 0 Å². The number of fused-ring (bicyclic) bond motifs is 3. The first-order chi connectivity index (χ1) is 14.1. The van der Waals surface area contributed by atoms with Crippen LogP contribution in [0.1, 0.15) is 36.1 Å². The lowest BCUT2D eigenvalue weighted by atomic mass is 9.92. The summed E-state index contributed by atoms with van der Waals surface area (Å²) < 4.78 is 0. The van der Waals surface area contributed by atoms with Crippen molar-refractivity contribution in [1.29, 1.82) is 0 Å². The molecule has 1 unspecified atom stereocenters. The first-order valence-electron chi connectivity index (χ1n) is 9.61. The van der Waals surface area contributed by atoms with E-state index in [2.05, 4.69) is 51.4 Å². The van der Waals surface area contributed by atoms with Gasteiger partial charge in [-0.05, 0) is 54.8 Å². The van der Waals surface area contributed by atoms with Crippen LogP contribution in [0.25, 0.3) is 11.3 Å². The van der Waals surface area contributed by atoms with Crippen molar-refractivity contribution in [3.8, 4) is 0 Å². The predicted octanol–water partition coefficient (Wildman–Crippen LogP) is 3.91. The van der Waals surface area contributed by atoms with Crippen molar-refractivity contribution >= 4 is 34.8 Å². The van der Waals surface area contributed by atoms with E-state index < -0.39 is 0 Å². The third kappa shape index (κ3) is 3.81. The van der Waals surface area contributed by atoms with Crippen LogP contribution in [-0.2, 0) is 0 Å². The van der Waals surface area contributed by atoms with Crippen LogP contribution >= 0.6 is 11.6 Å². The monoisotopic (exact) mass is 408 g/mol. The van der Waals surface area contributed by atoms with Crippen molar-refractivity contribution in [3.05, 3.63) is 76.1 Å². The van der Waals surface area contributed by atoms with Crippen LogP contribution < -0.4 is 22.0 Å². The minimum Gasteiger partial charge on any atom is -0.404 e. The van der Waals surface area contributed by atoms with Crippen molar-refractivity contribution in [2.75, 3.05) is 18.9 Å². The highest BCUT2D eigenvalue weighted by Gasteiger charge is 2.30. The fourth-order valence-electron chi connectivity index (χ4n) is 3.89. The molecule has 2 aromatic carbocycles. The number of nitrogens with zero attached hydrogens (tertiary/aromatic N) is 2. The van der Waals surface area contributed by atoms with Crippen molar-refractivity contribution in [2.45, 2.75) is 19.4 Å². The molecule has 29 heavy (non-hydrogen) atoms. The predicted molar refractivity (Wildman–Crippen MR) is 121 cm³/mol. The third-order valence-electron chi connectivity index (χ3n) is 5.29. The number of allylic oxidation sites excluding steroid dienone is 2. The van der Waals surface area contributed by atoms with Gasteiger partial charge in [-0.3, -0.25) is 10.0 Å². The summed E-state index contributed by atoms with van der Waals surface area (Å²) in [7, 11) is 1.75. The molecule has 0 aromatic heterocycles. The highest BCUT2D eigenvalue weighted by atomic mass is 35.5. The van der Waals surface area contributed by atoms with Crippen LogP contribution in [0.3, 0.4) is 0 Å². The lowest BCUT2D eigenvalue weighted by Crippen LogP contribution is -2.37. The Kier molecular flexibility index (Phi) is 5.47. The minimum absolute atomic E-state index is 0.136. The molecular formula is C22H25ClN6. The zero-order valence-corrected chi connectivity index (χ0v) is 17.3. The smallest absolute Gasteiger partial charge is 0.0814 e. The van der Waals surface area contributed by atoms with Gasteiger partial charge in [0.1, 0.15) is 0 Å². The van der Waals surface area contributed by atoms with Gasteiger partial charge in [0.05, 0.1) is 17.4 Å². The molecule has 2 aromatic rings. The average molecular weight is 409 g/mol. The van der Waals surface area contributed by atoms with Crippen LogP contribution in [0.5, 0.6) is 0 Å². The van der Waals surface area contributed by atoms with E-state index in [4.69, 9.17) is 17.3 Å². The first kappa shape index (κ1) is 19.4. The molecule has 0 saturated carbocycles. The Hall–Kier alpha value is -2.96. The molecule has 0 fully saturated rings. The number of rotatable bonds is 4. The maximum absolute atomic E-state index is 6.06. The first-order valence-corrected chi connectivity index (χ1v) is 9.99. The van der Waals surface area contributed by atoms with Gasteiger partial charge in [-0.1, -0.05) is 23.7 Å². The van der Waals surface area contributed by atoms with Crippen LogP contribution in [0, 0.1) is 0 Å². The summed E-state index contributed by atoms with van der Waals surface area (Å²) in [6.45, 7) is 2.95. The molecule has 0 radical (unpaired) electrons. The largest absolute Gasteiger partial charge is 0.404 e. The maximum Gasteiger partial charge on any atom is 0.0814 e. The Morgan fingerprint density at radius 1 is 1.28 bits per heavy atom. The summed E-state index contributed by atoms with van der Waals surface area (Å²) in [5, 5.41) is 6.58. The lowest BCUT2D eigenvalue weighted by molar-refractivity contribution is 0.281. The van der Waals surface area contributed by atoms with Crippen molar-refractivity contribution in [3.63, 3.8) is 0 Å². The lowest BCUT2D eigenvalue weighted by Gasteiger charge is -2.21. The van der Waals surface area contributed by atoms with Crippen LogP contribution in [-0.4, -0.2) is 24.8 Å². The third-order valence-corrected chi connectivity index (χ3v) is 5.55. The SMILES string of the molecule is CN=CC(=CN)c1ccc2c(c1)C(Nc1ccc(Cl)cc1)CCN1NNC(C)=C21. The fraction of sp³-hybridized carbons (Fsp3) is 0.227. The van der Waals surface area contributed by atoms with E-state index in [-0.39, 0.29) is 6.04 Å². The van der Waals surface area contributed by atoms with E-state index in [9.17, 15) is 0 Å². The normalized spacial score (nSPS) is 19.1. The minimum atomic E-state index is 0.136. The van der Waals surface area contributed by atoms with E-state index in [1.54, 1.807) is 19.5 Å². The number of hydrazine groups is 2. The number of benzene rings is 2. The molecule has 150 valence electrons. The van der Waals surface area contributed by atoms with Crippen molar-refractivity contribution in [1.82, 2.24) is 16.0 Å². The number of nitrogens with two attached hydrogens (primary N) is 1. The highest BCUT2D eigenvalue weighted by Crippen LogP contribution is 2.38. The second kappa shape index (κ2) is 8.19. The topological polar surface area (TPSA) is 77.7 Å². The Bertz CT molecular complexity index is 993. The summed E-state index contributed by atoms with van der Waals surface area (Å²) in [5.74, 6) is 0. The van der Waals surface area contributed by atoms with Gasteiger partial charge in [0.25, 0.3) is 0 Å². The molecule has 1 atom stereocenters. The van der Waals surface area contributed by atoms with E-state index >= 15 is 0 Å². The zero-order valence-electron chi connectivity index (χ0n) is 16.5. The van der Waals surface area contributed by atoms with Gasteiger partial charge in [0, 0.05) is 47.9 Å². The summed E-state index contributed by atoms with van der Waals surface area (Å²) in [6, 6.07) is 14.4. The molecular weight excluding hydrogens is 384 g/mol. The van der Waals surface area contributed by atoms with Gasteiger partial charge < -0.3 is 16.5 Å². The Balaban J connectivity index is 1.80. The zero-order chi connectivity index (χ0) is 20.4. The molecule has 0 saturated heterocycles. The number of aliphatic imine (C=N–C) groups is 1. The highest BCUT2D eigenvalue weighted by molar-refractivity contribution is 6.30. The number of hydrogen-bond donors (Lipinski definition) is 4. The standard InChI is InChI=1S/C22H25ClN6/c1-14-22-19-8-3-15(16(12-24)13-25-2)11-20(19)21(9-10-29(22)28-27-14)26-18-6-4-17(23)5-7-18/h3-8,11-13,21,26-28H,9-10,24H2,1-2H3. The van der Waals surface area contributed by atoms with E-state index in [1.807, 2.05) is 24.3 Å². The van der Waals surface area contributed by atoms with E-state index in [0.717, 1.165) is 40.5 Å². The molecule has 7 heteroatoms. The van der Waals surface area contributed by atoms with Crippen LogP contribution in [0.4, 0.5) is 5.69 Å². The van der Waals surface area contributed by atoms with Crippen LogP contribution in [0.15, 0.2) is 59.4 Å². The number of anilines is 1.